The molecule has 0 radical (unpaired) electrons. The Labute approximate surface area is 185 Å². The maximum atomic E-state index is 10.2. The van der Waals surface area contributed by atoms with Gasteiger partial charge in [-0.15, -0.1) is 0 Å². The molecule has 6 nitrogen and oxygen atoms in total. The summed E-state index contributed by atoms with van der Waals surface area (Å²) in [5.74, 6) is 0.0460. The van der Waals surface area contributed by atoms with Gasteiger partial charge in [0.2, 0.25) is 0 Å². The number of unbranched alkanes of at least 4 members (excludes halogenated alkanes) is 3. The third-order valence-corrected chi connectivity index (χ3v) is 5.25. The van der Waals surface area contributed by atoms with Crippen LogP contribution in [-0.2, 0) is 16.1 Å². The SMILES string of the molecule is C[C@H](OCCOCCCCCCNCC(O)c1ccc(O)c(CO)c1)c1ccccc1. The van der Waals surface area contributed by atoms with Crippen molar-refractivity contribution in [3.63, 3.8) is 0 Å². The number of aliphatic hydroxyl groups is 2. The fourth-order valence-corrected chi connectivity index (χ4v) is 3.31. The Balaban J connectivity index is 1.41. The molecule has 0 bridgehead atoms. The molecule has 4 N–H and O–H groups in total. The van der Waals surface area contributed by atoms with E-state index in [2.05, 4.69) is 24.4 Å². The minimum absolute atomic E-state index is 0.0460. The lowest BCUT2D eigenvalue weighted by Crippen LogP contribution is -2.22. The lowest BCUT2D eigenvalue weighted by molar-refractivity contribution is 0.0107. The molecule has 0 saturated heterocycles. The van der Waals surface area contributed by atoms with Gasteiger partial charge in [0.05, 0.1) is 32.0 Å². The molecule has 6 heteroatoms. The monoisotopic (exact) mass is 431 g/mol. The largest absolute Gasteiger partial charge is 0.508 e. The van der Waals surface area contributed by atoms with Gasteiger partial charge in [0.15, 0.2) is 0 Å². The molecule has 0 aliphatic rings. The number of benzene rings is 2. The average Bonchev–Trinajstić information content (AvgIpc) is 2.80. The molecule has 0 saturated carbocycles. The summed E-state index contributed by atoms with van der Waals surface area (Å²) < 4.78 is 11.4. The summed E-state index contributed by atoms with van der Waals surface area (Å²) in [4.78, 5) is 0. The van der Waals surface area contributed by atoms with E-state index in [0.29, 0.717) is 30.9 Å². The Bertz CT molecular complexity index is 725. The van der Waals surface area contributed by atoms with E-state index in [1.807, 2.05) is 18.2 Å². The number of nitrogens with one attached hydrogen (secondary N) is 1. The van der Waals surface area contributed by atoms with Crippen LogP contribution in [0.25, 0.3) is 0 Å². The maximum Gasteiger partial charge on any atom is 0.121 e. The zero-order chi connectivity index (χ0) is 22.3. The Kier molecular flexibility index (Phi) is 12.2. The maximum absolute atomic E-state index is 10.2. The van der Waals surface area contributed by atoms with E-state index in [-0.39, 0.29) is 18.5 Å². The van der Waals surface area contributed by atoms with Gasteiger partial charge in [-0.05, 0) is 49.6 Å². The van der Waals surface area contributed by atoms with Crippen molar-refractivity contribution in [1.82, 2.24) is 5.32 Å². The molecule has 0 aromatic heterocycles. The average molecular weight is 432 g/mol. The summed E-state index contributed by atoms with van der Waals surface area (Å²) in [5.41, 5.74) is 2.30. The van der Waals surface area contributed by atoms with Crippen LogP contribution in [0.3, 0.4) is 0 Å². The van der Waals surface area contributed by atoms with E-state index in [1.165, 1.54) is 11.6 Å². The Morgan fingerprint density at radius 2 is 1.68 bits per heavy atom. The number of aromatic hydroxyl groups is 1. The minimum Gasteiger partial charge on any atom is -0.508 e. The first-order valence-corrected chi connectivity index (χ1v) is 11.2. The molecule has 0 heterocycles. The molecule has 0 spiro atoms. The van der Waals surface area contributed by atoms with E-state index in [4.69, 9.17) is 9.47 Å². The van der Waals surface area contributed by atoms with Crippen molar-refractivity contribution in [2.24, 2.45) is 0 Å². The zero-order valence-corrected chi connectivity index (χ0v) is 18.5. The standard InChI is InChI=1S/C25H37NO5/c1-20(21-9-5-4-6-10-21)31-16-15-30-14-8-3-2-7-13-26-18-25(29)22-11-12-24(28)23(17-22)19-27/h4-6,9-12,17,20,25-29H,2-3,7-8,13-16,18-19H2,1H3/t20-,25?/m0/s1. The number of hydrogen-bond donors (Lipinski definition) is 4. The molecular weight excluding hydrogens is 394 g/mol. The van der Waals surface area contributed by atoms with Crippen LogP contribution < -0.4 is 5.32 Å². The van der Waals surface area contributed by atoms with Crippen LogP contribution >= 0.6 is 0 Å². The second-order valence-electron chi connectivity index (χ2n) is 7.72. The van der Waals surface area contributed by atoms with Gasteiger partial charge in [0.25, 0.3) is 0 Å². The number of aliphatic hydroxyl groups excluding tert-OH is 2. The normalized spacial score (nSPS) is 13.3. The molecule has 2 atom stereocenters. The van der Waals surface area contributed by atoms with Crippen molar-refractivity contribution in [1.29, 1.82) is 0 Å². The topological polar surface area (TPSA) is 91.2 Å². The van der Waals surface area contributed by atoms with Crippen LogP contribution in [0.1, 0.15) is 61.5 Å². The molecule has 0 fully saturated rings. The van der Waals surface area contributed by atoms with Gasteiger partial charge in [0.1, 0.15) is 5.75 Å². The minimum atomic E-state index is -0.661. The third kappa shape index (κ3) is 9.80. The highest BCUT2D eigenvalue weighted by Gasteiger charge is 2.10. The highest BCUT2D eigenvalue weighted by Crippen LogP contribution is 2.22. The predicted octanol–water partition coefficient (Wildman–Crippen LogP) is 3.86. The van der Waals surface area contributed by atoms with Gasteiger partial charge >= 0.3 is 0 Å². The van der Waals surface area contributed by atoms with E-state index in [0.717, 1.165) is 38.8 Å². The van der Waals surface area contributed by atoms with Crippen LogP contribution in [0.4, 0.5) is 0 Å². The van der Waals surface area contributed by atoms with Gasteiger partial charge in [-0.25, -0.2) is 0 Å². The number of ether oxygens (including phenoxy) is 2. The second kappa shape index (κ2) is 14.9. The third-order valence-electron chi connectivity index (χ3n) is 5.25. The van der Waals surface area contributed by atoms with Crippen LogP contribution in [0.2, 0.25) is 0 Å². The van der Waals surface area contributed by atoms with Crippen molar-refractivity contribution in [2.45, 2.75) is 51.4 Å². The van der Waals surface area contributed by atoms with Crippen LogP contribution in [0.5, 0.6) is 5.75 Å². The first-order valence-electron chi connectivity index (χ1n) is 11.2. The van der Waals surface area contributed by atoms with Gasteiger partial charge in [-0.3, -0.25) is 0 Å². The van der Waals surface area contributed by atoms with E-state index in [9.17, 15) is 15.3 Å². The van der Waals surface area contributed by atoms with Crippen molar-refractivity contribution in [2.75, 3.05) is 32.9 Å². The summed E-state index contributed by atoms with van der Waals surface area (Å²) in [6.45, 7) is 5.06. The number of phenols is 1. The second-order valence-corrected chi connectivity index (χ2v) is 7.72. The Morgan fingerprint density at radius 3 is 2.45 bits per heavy atom. The summed E-state index contributed by atoms with van der Waals surface area (Å²) in [7, 11) is 0. The van der Waals surface area contributed by atoms with E-state index in [1.54, 1.807) is 12.1 Å². The Morgan fingerprint density at radius 1 is 0.903 bits per heavy atom. The van der Waals surface area contributed by atoms with Crippen molar-refractivity contribution in [3.8, 4) is 5.75 Å². The Hall–Kier alpha value is -1.96. The quantitative estimate of drug-likeness (QED) is 0.302. The molecule has 0 aliphatic heterocycles. The summed E-state index contributed by atoms with van der Waals surface area (Å²) in [6.07, 6.45) is 3.73. The predicted molar refractivity (Wildman–Crippen MR) is 122 cm³/mol. The fraction of sp³-hybridized carbons (Fsp3) is 0.520. The van der Waals surface area contributed by atoms with Crippen molar-refractivity contribution in [3.05, 3.63) is 65.2 Å². The van der Waals surface area contributed by atoms with Crippen molar-refractivity contribution < 1.29 is 24.8 Å². The lowest BCUT2D eigenvalue weighted by Gasteiger charge is -2.14. The fourth-order valence-electron chi connectivity index (χ4n) is 3.31. The van der Waals surface area contributed by atoms with Crippen molar-refractivity contribution >= 4 is 0 Å². The van der Waals surface area contributed by atoms with Crippen LogP contribution in [0.15, 0.2) is 48.5 Å². The smallest absolute Gasteiger partial charge is 0.121 e. The van der Waals surface area contributed by atoms with E-state index < -0.39 is 6.10 Å². The summed E-state index contributed by atoms with van der Waals surface area (Å²) >= 11 is 0. The van der Waals surface area contributed by atoms with Gasteiger partial charge in [-0.2, -0.15) is 0 Å². The number of hydrogen-bond acceptors (Lipinski definition) is 6. The summed E-state index contributed by atoms with van der Waals surface area (Å²) in [6, 6.07) is 15.0. The lowest BCUT2D eigenvalue weighted by atomic mass is 10.1. The molecule has 2 aromatic carbocycles. The number of rotatable bonds is 16. The molecule has 172 valence electrons. The molecule has 0 amide bonds. The summed E-state index contributed by atoms with van der Waals surface area (Å²) in [5, 5.41) is 32.3. The van der Waals surface area contributed by atoms with E-state index >= 15 is 0 Å². The first-order chi connectivity index (χ1) is 15.1. The van der Waals surface area contributed by atoms with Gasteiger partial charge in [0, 0.05) is 18.7 Å². The molecule has 2 aromatic rings. The van der Waals surface area contributed by atoms with Crippen LogP contribution in [0, 0.1) is 0 Å². The zero-order valence-electron chi connectivity index (χ0n) is 18.5. The van der Waals surface area contributed by atoms with Crippen LogP contribution in [-0.4, -0.2) is 48.2 Å². The highest BCUT2D eigenvalue weighted by molar-refractivity contribution is 5.36. The molecule has 2 rings (SSSR count). The first kappa shape index (κ1) is 25.3. The molecule has 1 unspecified atom stereocenters. The van der Waals surface area contributed by atoms with Gasteiger partial charge in [-0.1, -0.05) is 49.2 Å². The molecule has 31 heavy (non-hydrogen) atoms. The highest BCUT2D eigenvalue weighted by atomic mass is 16.5. The molecular formula is C25H37NO5. The van der Waals surface area contributed by atoms with Gasteiger partial charge < -0.3 is 30.1 Å². The molecule has 0 aliphatic carbocycles.